The molecule has 0 saturated carbocycles. The minimum atomic E-state index is -1.16. The van der Waals surface area contributed by atoms with Gasteiger partial charge in [-0.2, -0.15) is 0 Å². The van der Waals surface area contributed by atoms with Crippen molar-refractivity contribution >= 4 is 33.5 Å². The standard InChI is InChI=1S/C11H15NO4S2/c1-10(2,3)11-4-7(14)12(11)8(9(15)16)6(5-13)17-18-11/h13H,4-5H2,1-3H3,(H,15,16)/t11-/m0/s1. The zero-order chi connectivity index (χ0) is 13.7. The second kappa shape index (κ2) is 4.18. The zero-order valence-electron chi connectivity index (χ0n) is 10.4. The number of rotatable bonds is 2. The minimum Gasteiger partial charge on any atom is -0.477 e. The van der Waals surface area contributed by atoms with E-state index in [4.69, 9.17) is 0 Å². The van der Waals surface area contributed by atoms with Crippen LogP contribution < -0.4 is 0 Å². The highest BCUT2D eigenvalue weighted by atomic mass is 33.1. The van der Waals surface area contributed by atoms with Gasteiger partial charge in [0.15, 0.2) is 0 Å². The third-order valence-electron chi connectivity index (χ3n) is 3.29. The van der Waals surface area contributed by atoms with Gasteiger partial charge in [0, 0.05) is 0 Å². The van der Waals surface area contributed by atoms with Crippen molar-refractivity contribution in [3.05, 3.63) is 10.6 Å². The van der Waals surface area contributed by atoms with E-state index in [2.05, 4.69) is 0 Å². The number of nitrogens with zero attached hydrogens (tertiary/aromatic N) is 1. The number of fused-ring (bicyclic) bond motifs is 1. The molecule has 2 aliphatic heterocycles. The second-order valence-corrected chi connectivity index (χ2v) is 7.84. The highest BCUT2D eigenvalue weighted by Crippen LogP contribution is 2.63. The van der Waals surface area contributed by atoms with Crippen molar-refractivity contribution in [2.24, 2.45) is 5.41 Å². The Morgan fingerprint density at radius 3 is 2.50 bits per heavy atom. The molecule has 1 amide bonds. The number of carboxylic acid groups (broad SMARTS) is 1. The predicted molar refractivity (Wildman–Crippen MR) is 70.6 cm³/mol. The first-order valence-electron chi connectivity index (χ1n) is 5.50. The van der Waals surface area contributed by atoms with Crippen LogP contribution in [0.5, 0.6) is 0 Å². The second-order valence-electron chi connectivity index (χ2n) is 5.34. The Kier molecular flexibility index (Phi) is 3.19. The molecule has 5 nitrogen and oxygen atoms in total. The summed E-state index contributed by atoms with van der Waals surface area (Å²) in [6.07, 6.45) is 0.337. The third-order valence-corrected chi connectivity index (χ3v) is 6.79. The zero-order valence-corrected chi connectivity index (χ0v) is 12.0. The number of hydrogen-bond donors (Lipinski definition) is 2. The van der Waals surface area contributed by atoms with E-state index in [1.807, 2.05) is 20.8 Å². The summed E-state index contributed by atoms with van der Waals surface area (Å²) in [7, 11) is 2.73. The molecule has 100 valence electrons. The molecular weight excluding hydrogens is 274 g/mol. The van der Waals surface area contributed by atoms with Crippen LogP contribution in [0.4, 0.5) is 0 Å². The molecule has 0 spiro atoms. The average molecular weight is 289 g/mol. The topological polar surface area (TPSA) is 77.8 Å². The number of carbonyl (C=O) groups excluding carboxylic acids is 1. The monoisotopic (exact) mass is 289 g/mol. The van der Waals surface area contributed by atoms with Gasteiger partial charge in [0.05, 0.1) is 17.9 Å². The molecule has 1 saturated heterocycles. The van der Waals surface area contributed by atoms with Gasteiger partial charge < -0.3 is 10.2 Å². The Balaban J connectivity index is 2.52. The van der Waals surface area contributed by atoms with E-state index in [-0.39, 0.29) is 23.6 Å². The Morgan fingerprint density at radius 2 is 2.11 bits per heavy atom. The normalized spacial score (nSPS) is 28.0. The van der Waals surface area contributed by atoms with Crippen LogP contribution in [0.3, 0.4) is 0 Å². The number of hydrogen-bond acceptors (Lipinski definition) is 5. The first-order valence-corrected chi connectivity index (χ1v) is 7.65. The number of aliphatic carboxylic acids is 1. The molecule has 2 heterocycles. The SMILES string of the molecule is CC(C)(C)[C@@]12CC(=O)N1C(C(=O)O)=C(CO)SS2. The van der Waals surface area contributed by atoms with Gasteiger partial charge >= 0.3 is 5.97 Å². The molecule has 2 aliphatic rings. The van der Waals surface area contributed by atoms with Crippen LogP contribution >= 0.6 is 21.6 Å². The number of aliphatic hydroxyl groups excluding tert-OH is 1. The fourth-order valence-electron chi connectivity index (χ4n) is 2.17. The molecule has 0 unspecified atom stereocenters. The van der Waals surface area contributed by atoms with Gasteiger partial charge in [-0.1, -0.05) is 42.4 Å². The highest BCUT2D eigenvalue weighted by molar-refractivity contribution is 8.78. The lowest BCUT2D eigenvalue weighted by Gasteiger charge is -2.59. The predicted octanol–water partition coefficient (Wildman–Crippen LogP) is 1.64. The number of aliphatic hydroxyl groups is 1. The molecule has 0 radical (unpaired) electrons. The minimum absolute atomic E-state index is 0.0626. The van der Waals surface area contributed by atoms with Crippen LogP contribution in [0.15, 0.2) is 10.6 Å². The number of carbonyl (C=O) groups is 2. The Bertz CT molecular complexity index is 454. The summed E-state index contributed by atoms with van der Waals surface area (Å²) in [6.45, 7) is 5.61. The van der Waals surface area contributed by atoms with Crippen LogP contribution in [0.1, 0.15) is 27.2 Å². The van der Waals surface area contributed by atoms with E-state index in [1.54, 1.807) is 0 Å². The van der Waals surface area contributed by atoms with Gasteiger partial charge in [0.1, 0.15) is 10.6 Å². The molecule has 2 rings (SSSR count). The van der Waals surface area contributed by atoms with E-state index in [0.29, 0.717) is 11.3 Å². The average Bonchev–Trinajstić information content (AvgIpc) is 2.24. The summed E-state index contributed by atoms with van der Waals surface area (Å²) in [4.78, 5) is 24.3. The molecule has 0 bridgehead atoms. The summed E-state index contributed by atoms with van der Waals surface area (Å²) in [5, 5.41) is 18.5. The van der Waals surface area contributed by atoms with Crippen molar-refractivity contribution in [1.29, 1.82) is 0 Å². The van der Waals surface area contributed by atoms with E-state index < -0.39 is 10.8 Å². The van der Waals surface area contributed by atoms with Gasteiger partial charge in [-0.3, -0.25) is 9.69 Å². The van der Waals surface area contributed by atoms with E-state index >= 15 is 0 Å². The van der Waals surface area contributed by atoms with E-state index in [1.165, 1.54) is 26.5 Å². The Morgan fingerprint density at radius 1 is 1.50 bits per heavy atom. The summed E-state index contributed by atoms with van der Waals surface area (Å²) >= 11 is 0. The summed E-state index contributed by atoms with van der Waals surface area (Å²) in [5.74, 6) is -1.35. The summed E-state index contributed by atoms with van der Waals surface area (Å²) < 4.78 is 0. The Hall–Kier alpha value is -0.660. The first kappa shape index (κ1) is 13.8. The van der Waals surface area contributed by atoms with Crippen molar-refractivity contribution in [2.75, 3.05) is 6.61 Å². The molecular formula is C11H15NO4S2. The number of carboxylic acids is 1. The molecule has 1 atom stereocenters. The molecule has 1 fully saturated rings. The molecule has 0 aromatic heterocycles. The van der Waals surface area contributed by atoms with Crippen molar-refractivity contribution in [3.8, 4) is 0 Å². The summed E-state index contributed by atoms with van der Waals surface area (Å²) in [5.41, 5.74) is -0.298. The van der Waals surface area contributed by atoms with Crippen LogP contribution in [-0.4, -0.2) is 38.5 Å². The maximum atomic E-state index is 11.8. The van der Waals surface area contributed by atoms with Gasteiger partial charge in [0.25, 0.3) is 0 Å². The molecule has 0 aliphatic carbocycles. The Labute approximate surface area is 113 Å². The van der Waals surface area contributed by atoms with Crippen LogP contribution in [0.25, 0.3) is 0 Å². The highest BCUT2D eigenvalue weighted by Gasteiger charge is 2.63. The summed E-state index contributed by atoms with van der Waals surface area (Å²) in [6, 6.07) is 0. The van der Waals surface area contributed by atoms with Crippen LogP contribution in [0.2, 0.25) is 0 Å². The molecule has 7 heteroatoms. The van der Waals surface area contributed by atoms with Crippen LogP contribution in [-0.2, 0) is 9.59 Å². The van der Waals surface area contributed by atoms with E-state index in [0.717, 1.165) is 0 Å². The van der Waals surface area contributed by atoms with Crippen molar-refractivity contribution in [2.45, 2.75) is 32.1 Å². The largest absolute Gasteiger partial charge is 0.477 e. The molecule has 0 aromatic carbocycles. The molecule has 0 aromatic rings. The van der Waals surface area contributed by atoms with Crippen molar-refractivity contribution in [3.63, 3.8) is 0 Å². The van der Waals surface area contributed by atoms with Crippen molar-refractivity contribution in [1.82, 2.24) is 4.90 Å². The lowest BCUT2D eigenvalue weighted by atomic mass is 9.77. The first-order chi connectivity index (χ1) is 8.24. The smallest absolute Gasteiger partial charge is 0.353 e. The van der Waals surface area contributed by atoms with Gasteiger partial charge in [-0.25, -0.2) is 4.79 Å². The maximum Gasteiger partial charge on any atom is 0.353 e. The van der Waals surface area contributed by atoms with Crippen molar-refractivity contribution < 1.29 is 19.8 Å². The fourth-order valence-corrected chi connectivity index (χ4v) is 5.68. The van der Waals surface area contributed by atoms with E-state index in [9.17, 15) is 19.8 Å². The number of amides is 1. The fraction of sp³-hybridized carbons (Fsp3) is 0.636. The molecule has 2 N–H and O–H groups in total. The maximum absolute atomic E-state index is 11.8. The number of β-lactam (4-membered cyclic amide) rings is 1. The molecule has 18 heavy (non-hydrogen) atoms. The quantitative estimate of drug-likeness (QED) is 0.594. The van der Waals surface area contributed by atoms with Gasteiger partial charge in [-0.05, 0) is 5.41 Å². The van der Waals surface area contributed by atoms with Crippen LogP contribution in [0, 0.1) is 5.41 Å². The van der Waals surface area contributed by atoms with Gasteiger partial charge in [-0.15, -0.1) is 0 Å². The lowest BCUT2D eigenvalue weighted by Crippen LogP contribution is -2.68. The third kappa shape index (κ3) is 1.68. The van der Waals surface area contributed by atoms with Gasteiger partial charge in [0.2, 0.25) is 5.91 Å². The lowest BCUT2D eigenvalue weighted by molar-refractivity contribution is -0.156.